The second-order valence-corrected chi connectivity index (χ2v) is 2.57. The van der Waals surface area contributed by atoms with E-state index in [-0.39, 0.29) is 11.5 Å². The van der Waals surface area contributed by atoms with Gasteiger partial charge in [0.2, 0.25) is 0 Å². The summed E-state index contributed by atoms with van der Waals surface area (Å²) in [6, 6.07) is 6.37. The lowest BCUT2D eigenvalue weighted by molar-refractivity contribution is -0.131. The predicted octanol–water partition coefficient (Wildman–Crippen LogP) is 1.46. The predicted molar refractivity (Wildman–Crippen MR) is 50.7 cm³/mol. The summed E-state index contributed by atoms with van der Waals surface area (Å²) in [7, 11) is 1.35. The molecule has 0 heterocycles. The molecule has 4 nitrogen and oxygen atoms in total. The van der Waals surface area contributed by atoms with Gasteiger partial charge in [-0.25, -0.2) is 4.79 Å². The fourth-order valence-corrected chi connectivity index (χ4v) is 1.04. The maximum Gasteiger partial charge on any atom is 0.332 e. The van der Waals surface area contributed by atoms with Crippen LogP contribution in [0.25, 0.3) is 5.76 Å². The summed E-state index contributed by atoms with van der Waals surface area (Å²) in [6.07, 6.45) is 0.898. The Balaban J connectivity index is 3.13. The highest BCUT2D eigenvalue weighted by atomic mass is 16.5. The molecule has 0 saturated carbocycles. The van der Waals surface area contributed by atoms with Gasteiger partial charge in [0.15, 0.2) is 0 Å². The Labute approximate surface area is 81.1 Å². The first-order valence-corrected chi connectivity index (χ1v) is 3.92. The third-order valence-corrected chi connectivity index (χ3v) is 1.64. The Morgan fingerprint density at radius 3 is 2.57 bits per heavy atom. The van der Waals surface area contributed by atoms with E-state index in [2.05, 4.69) is 0 Å². The SMILES string of the molecule is CO/C(=C/C(=O)O)c1ccccc1O. The molecule has 0 aromatic heterocycles. The van der Waals surface area contributed by atoms with Crippen molar-refractivity contribution < 1.29 is 19.7 Å². The smallest absolute Gasteiger partial charge is 0.332 e. The van der Waals surface area contributed by atoms with E-state index in [4.69, 9.17) is 9.84 Å². The van der Waals surface area contributed by atoms with Crippen LogP contribution in [-0.2, 0) is 9.53 Å². The minimum absolute atomic E-state index is 0.0122. The van der Waals surface area contributed by atoms with Crippen molar-refractivity contribution in [3.63, 3.8) is 0 Å². The third-order valence-electron chi connectivity index (χ3n) is 1.64. The van der Waals surface area contributed by atoms with E-state index in [1.807, 2.05) is 0 Å². The summed E-state index contributed by atoms with van der Waals surface area (Å²) in [4.78, 5) is 10.4. The Morgan fingerprint density at radius 1 is 1.43 bits per heavy atom. The van der Waals surface area contributed by atoms with E-state index < -0.39 is 5.97 Å². The molecule has 0 radical (unpaired) electrons. The third kappa shape index (κ3) is 2.26. The molecule has 0 unspecified atom stereocenters. The van der Waals surface area contributed by atoms with Gasteiger partial charge in [0.1, 0.15) is 11.5 Å². The minimum Gasteiger partial charge on any atom is -0.507 e. The number of rotatable bonds is 3. The number of phenolic OH excluding ortho intramolecular Hbond substituents is 1. The molecule has 0 saturated heterocycles. The van der Waals surface area contributed by atoms with Crippen molar-refractivity contribution in [2.45, 2.75) is 0 Å². The molecule has 0 fully saturated rings. The van der Waals surface area contributed by atoms with E-state index >= 15 is 0 Å². The van der Waals surface area contributed by atoms with Crippen molar-refractivity contribution in [2.24, 2.45) is 0 Å². The molecule has 4 heteroatoms. The second kappa shape index (κ2) is 4.32. The van der Waals surface area contributed by atoms with Crippen molar-refractivity contribution in [1.29, 1.82) is 0 Å². The van der Waals surface area contributed by atoms with Crippen LogP contribution in [0.5, 0.6) is 5.75 Å². The molecule has 0 atom stereocenters. The first kappa shape index (κ1) is 10.1. The van der Waals surface area contributed by atoms with Crippen molar-refractivity contribution in [1.82, 2.24) is 0 Å². The lowest BCUT2D eigenvalue weighted by Crippen LogP contribution is -1.94. The normalized spacial score (nSPS) is 11.1. The molecular formula is C10H10O4. The van der Waals surface area contributed by atoms with Crippen LogP contribution in [0, 0.1) is 0 Å². The number of para-hydroxylation sites is 1. The number of benzene rings is 1. The molecule has 0 bridgehead atoms. The summed E-state index contributed by atoms with van der Waals surface area (Å²) in [5.41, 5.74) is 0.359. The lowest BCUT2D eigenvalue weighted by Gasteiger charge is -2.06. The zero-order valence-electron chi connectivity index (χ0n) is 7.60. The summed E-state index contributed by atoms with van der Waals surface area (Å²) >= 11 is 0. The highest BCUT2D eigenvalue weighted by Gasteiger charge is 2.07. The molecule has 0 aliphatic heterocycles. The highest BCUT2D eigenvalue weighted by molar-refractivity contribution is 5.89. The van der Waals surface area contributed by atoms with Crippen LogP contribution in [0.2, 0.25) is 0 Å². The number of hydrogen-bond donors (Lipinski definition) is 2. The molecule has 1 aromatic rings. The summed E-state index contributed by atoms with van der Waals surface area (Å²) in [6.45, 7) is 0. The maximum atomic E-state index is 10.4. The van der Waals surface area contributed by atoms with Crippen molar-refractivity contribution in [3.05, 3.63) is 35.9 Å². The number of aliphatic carboxylic acids is 1. The number of ether oxygens (including phenoxy) is 1. The van der Waals surface area contributed by atoms with Gasteiger partial charge in [-0.2, -0.15) is 0 Å². The standard InChI is InChI=1S/C10H10O4/c1-14-9(6-10(12)13)7-4-2-3-5-8(7)11/h2-6,11H,1H3,(H,12,13)/b9-6+. The van der Waals surface area contributed by atoms with Crippen LogP contribution in [0.3, 0.4) is 0 Å². The molecule has 1 rings (SSSR count). The largest absolute Gasteiger partial charge is 0.507 e. The fraction of sp³-hybridized carbons (Fsp3) is 0.100. The fourth-order valence-electron chi connectivity index (χ4n) is 1.04. The van der Waals surface area contributed by atoms with E-state index in [1.165, 1.54) is 13.2 Å². The zero-order valence-corrected chi connectivity index (χ0v) is 7.60. The first-order valence-electron chi connectivity index (χ1n) is 3.92. The van der Waals surface area contributed by atoms with Gasteiger partial charge in [-0.05, 0) is 12.1 Å². The number of carbonyl (C=O) groups is 1. The van der Waals surface area contributed by atoms with Gasteiger partial charge >= 0.3 is 5.97 Å². The van der Waals surface area contributed by atoms with E-state index in [0.717, 1.165) is 6.08 Å². The summed E-state index contributed by atoms with van der Waals surface area (Å²) < 4.78 is 4.85. The quantitative estimate of drug-likeness (QED) is 0.564. The maximum absolute atomic E-state index is 10.4. The van der Waals surface area contributed by atoms with Gasteiger partial charge in [0.05, 0.1) is 18.7 Å². The van der Waals surface area contributed by atoms with Crippen LogP contribution in [0.1, 0.15) is 5.56 Å². The number of phenols is 1. The van der Waals surface area contributed by atoms with Crippen molar-refractivity contribution >= 4 is 11.7 Å². The van der Waals surface area contributed by atoms with Gasteiger partial charge in [-0.15, -0.1) is 0 Å². The summed E-state index contributed by atoms with van der Waals surface area (Å²) in [5.74, 6) is -1.01. The van der Waals surface area contributed by atoms with Crippen LogP contribution in [0.15, 0.2) is 30.3 Å². The molecular weight excluding hydrogens is 184 g/mol. The minimum atomic E-state index is -1.12. The highest BCUT2D eigenvalue weighted by Crippen LogP contribution is 2.24. The van der Waals surface area contributed by atoms with E-state index in [0.29, 0.717) is 5.56 Å². The van der Waals surface area contributed by atoms with Crippen LogP contribution in [0.4, 0.5) is 0 Å². The van der Waals surface area contributed by atoms with Crippen LogP contribution in [-0.4, -0.2) is 23.3 Å². The molecule has 1 aromatic carbocycles. The Kier molecular flexibility index (Phi) is 3.12. The van der Waals surface area contributed by atoms with Crippen LogP contribution < -0.4 is 0 Å². The average molecular weight is 194 g/mol. The Bertz CT molecular complexity index is 368. The first-order chi connectivity index (χ1) is 6.65. The van der Waals surface area contributed by atoms with E-state index in [1.54, 1.807) is 18.2 Å². The monoisotopic (exact) mass is 194 g/mol. The Morgan fingerprint density at radius 2 is 2.07 bits per heavy atom. The van der Waals surface area contributed by atoms with Gasteiger partial charge in [-0.3, -0.25) is 0 Å². The van der Waals surface area contributed by atoms with E-state index in [9.17, 15) is 9.90 Å². The average Bonchev–Trinajstić information content (AvgIpc) is 2.15. The molecule has 14 heavy (non-hydrogen) atoms. The summed E-state index contributed by atoms with van der Waals surface area (Å²) in [5, 5.41) is 17.9. The molecule has 0 amide bonds. The number of methoxy groups -OCH3 is 1. The molecule has 74 valence electrons. The van der Waals surface area contributed by atoms with Gasteiger partial charge < -0.3 is 14.9 Å². The van der Waals surface area contributed by atoms with Gasteiger partial charge in [-0.1, -0.05) is 12.1 Å². The van der Waals surface area contributed by atoms with Gasteiger partial charge in [0, 0.05) is 0 Å². The Hall–Kier alpha value is -1.97. The number of carboxylic acids is 1. The number of hydrogen-bond acceptors (Lipinski definition) is 3. The van der Waals surface area contributed by atoms with Crippen LogP contribution >= 0.6 is 0 Å². The number of aromatic hydroxyl groups is 1. The number of carboxylic acid groups (broad SMARTS) is 1. The van der Waals surface area contributed by atoms with Crippen molar-refractivity contribution in [3.8, 4) is 5.75 Å². The molecule has 0 spiro atoms. The molecule has 0 aliphatic rings. The van der Waals surface area contributed by atoms with Crippen molar-refractivity contribution in [2.75, 3.05) is 7.11 Å². The van der Waals surface area contributed by atoms with Gasteiger partial charge in [0.25, 0.3) is 0 Å². The molecule has 0 aliphatic carbocycles. The topological polar surface area (TPSA) is 66.8 Å². The second-order valence-electron chi connectivity index (χ2n) is 2.57. The zero-order chi connectivity index (χ0) is 10.6. The molecule has 2 N–H and O–H groups in total. The lowest BCUT2D eigenvalue weighted by atomic mass is 10.1.